The summed E-state index contributed by atoms with van der Waals surface area (Å²) >= 11 is 6.84. The number of phosphoric ester groups is 1. The number of rotatable bonds is 4. The van der Waals surface area contributed by atoms with Crippen molar-refractivity contribution >= 4 is 31.0 Å². The van der Waals surface area contributed by atoms with Gasteiger partial charge in [-0.1, -0.05) is 19.4 Å². The second kappa shape index (κ2) is 7.72. The van der Waals surface area contributed by atoms with Crippen LogP contribution in [0.15, 0.2) is 23.5 Å². The number of halogens is 1. The van der Waals surface area contributed by atoms with Crippen molar-refractivity contribution in [3.63, 3.8) is 0 Å². The lowest BCUT2D eigenvalue weighted by atomic mass is 9.45. The lowest BCUT2D eigenvalue weighted by Crippen LogP contribution is -2.65. The largest absolute Gasteiger partial charge is 0.508 e. The number of Topliss-reactive ketones (excluding diaryl/α,β-unsaturated/α-hetero) is 1. The molecule has 4 rings (SSSR count). The molecule has 33 heavy (non-hydrogen) atoms. The summed E-state index contributed by atoms with van der Waals surface area (Å²) in [5.41, 5.74) is -3.56. The van der Waals surface area contributed by atoms with E-state index in [0.29, 0.717) is 18.4 Å². The number of fused-ring (bicyclic) bond motifs is 5. The standard InChI is InChI=1S/C22H30ClO9P/c1-10-4-13-18-14(23)6-11-5-12(24)7-16(26)21(11,3)19(18)15(25)8-20(13,2)22(10,28)17(27)9-32-33(29,30)31/h5,7,10,13-15,18-19,24-25,28H,4,6,8-9H2,1-3H3,(H2,29,30,31)/t10-,13+,14-,15?,18-,19+,20+,21-,22-/m1/s1. The molecule has 0 spiro atoms. The van der Waals surface area contributed by atoms with Gasteiger partial charge in [0.25, 0.3) is 0 Å². The molecular formula is C22H30ClO9P. The molecule has 0 aliphatic heterocycles. The van der Waals surface area contributed by atoms with E-state index < -0.39 is 65.9 Å². The van der Waals surface area contributed by atoms with Crippen LogP contribution in [0.4, 0.5) is 0 Å². The topological polar surface area (TPSA) is 162 Å². The van der Waals surface area contributed by atoms with Gasteiger partial charge in [0, 0.05) is 22.8 Å². The van der Waals surface area contributed by atoms with Crippen LogP contribution < -0.4 is 0 Å². The summed E-state index contributed by atoms with van der Waals surface area (Å²) in [5, 5.41) is 32.5. The summed E-state index contributed by atoms with van der Waals surface area (Å²) in [4.78, 5) is 44.2. The second-order valence-electron chi connectivity index (χ2n) is 10.5. The Kier molecular flexibility index (Phi) is 5.86. The number of alkyl halides is 1. The van der Waals surface area contributed by atoms with E-state index in [0.717, 1.165) is 6.08 Å². The molecule has 1 unspecified atom stereocenters. The average Bonchev–Trinajstić information content (AvgIpc) is 2.88. The molecule has 4 aliphatic carbocycles. The van der Waals surface area contributed by atoms with Gasteiger partial charge in [0.1, 0.15) is 18.0 Å². The molecule has 0 aromatic carbocycles. The highest BCUT2D eigenvalue weighted by atomic mass is 35.5. The molecular weight excluding hydrogens is 475 g/mol. The second-order valence-corrected chi connectivity index (χ2v) is 12.3. The Bertz CT molecular complexity index is 1000. The maximum absolute atomic E-state index is 13.1. The smallest absolute Gasteiger partial charge is 0.470 e. The molecule has 3 fully saturated rings. The zero-order chi connectivity index (χ0) is 24.7. The van der Waals surface area contributed by atoms with Gasteiger partial charge in [-0.25, -0.2) is 4.57 Å². The minimum absolute atomic E-state index is 0.00320. The summed E-state index contributed by atoms with van der Waals surface area (Å²) in [6, 6.07) is 0. The van der Waals surface area contributed by atoms with Crippen molar-refractivity contribution in [2.45, 2.75) is 57.1 Å². The van der Waals surface area contributed by atoms with Crippen molar-refractivity contribution in [3.05, 3.63) is 23.5 Å². The van der Waals surface area contributed by atoms with Crippen molar-refractivity contribution in [2.24, 2.45) is 34.5 Å². The van der Waals surface area contributed by atoms with Crippen molar-refractivity contribution in [1.29, 1.82) is 0 Å². The van der Waals surface area contributed by atoms with Crippen LogP contribution in [-0.4, -0.2) is 60.4 Å². The average molecular weight is 505 g/mol. The van der Waals surface area contributed by atoms with Crippen LogP contribution in [0.2, 0.25) is 0 Å². The number of ketones is 2. The molecule has 0 bridgehead atoms. The highest BCUT2D eigenvalue weighted by Gasteiger charge is 2.72. The Morgan fingerprint density at radius 1 is 1.30 bits per heavy atom. The predicted octanol–water partition coefficient (Wildman–Crippen LogP) is 2.02. The van der Waals surface area contributed by atoms with Gasteiger partial charge in [-0.2, -0.15) is 0 Å². The number of aliphatic hydroxyl groups excluding tert-OH is 2. The first-order chi connectivity index (χ1) is 15.1. The van der Waals surface area contributed by atoms with Gasteiger partial charge < -0.3 is 25.1 Å². The number of hydrogen-bond acceptors (Lipinski definition) is 7. The minimum Gasteiger partial charge on any atom is -0.508 e. The van der Waals surface area contributed by atoms with Crippen LogP contribution in [0.5, 0.6) is 0 Å². The van der Waals surface area contributed by atoms with E-state index in [1.54, 1.807) is 20.8 Å². The molecule has 0 aromatic heterocycles. The molecule has 0 amide bonds. The molecule has 0 saturated heterocycles. The maximum atomic E-state index is 13.1. The Balaban J connectivity index is 1.75. The first-order valence-electron chi connectivity index (χ1n) is 11.0. The van der Waals surface area contributed by atoms with Gasteiger partial charge in [0.2, 0.25) is 0 Å². The number of phosphoric acid groups is 1. The van der Waals surface area contributed by atoms with Gasteiger partial charge in [0.15, 0.2) is 11.6 Å². The van der Waals surface area contributed by atoms with E-state index in [1.165, 1.54) is 6.08 Å². The van der Waals surface area contributed by atoms with E-state index in [9.17, 15) is 29.5 Å². The SMILES string of the molecule is C[C@@H]1C[C@H]2[C@@H]3[C@H](Cl)CC4=CC(O)=CC(=O)[C@]4(C)[C@H]3C(O)C[C@]2(C)[C@]1(O)C(=O)COP(=O)(O)O. The molecule has 0 radical (unpaired) electrons. The van der Waals surface area contributed by atoms with E-state index in [2.05, 4.69) is 4.52 Å². The summed E-state index contributed by atoms with van der Waals surface area (Å²) in [6.45, 7) is 4.17. The maximum Gasteiger partial charge on any atom is 0.470 e. The first-order valence-corrected chi connectivity index (χ1v) is 13.0. The molecule has 9 atom stereocenters. The van der Waals surface area contributed by atoms with Crippen LogP contribution in [0.1, 0.15) is 40.0 Å². The molecule has 0 heterocycles. The van der Waals surface area contributed by atoms with Gasteiger partial charge in [-0.05, 0) is 50.0 Å². The van der Waals surface area contributed by atoms with Crippen LogP contribution in [0.3, 0.4) is 0 Å². The summed E-state index contributed by atoms with van der Waals surface area (Å²) in [7, 11) is -4.92. The molecule has 3 saturated carbocycles. The Hall–Kier alpha value is -1.06. The third kappa shape index (κ3) is 3.43. The number of hydrogen-bond donors (Lipinski definition) is 5. The van der Waals surface area contributed by atoms with Gasteiger partial charge in [-0.15, -0.1) is 11.6 Å². The van der Waals surface area contributed by atoms with Crippen molar-refractivity contribution in [1.82, 2.24) is 0 Å². The third-order valence-electron chi connectivity index (χ3n) is 9.00. The lowest BCUT2D eigenvalue weighted by molar-refractivity contribution is -0.186. The van der Waals surface area contributed by atoms with Crippen LogP contribution >= 0.6 is 19.4 Å². The Morgan fingerprint density at radius 2 is 1.94 bits per heavy atom. The summed E-state index contributed by atoms with van der Waals surface area (Å²) < 4.78 is 15.5. The lowest BCUT2D eigenvalue weighted by Gasteiger charge is -2.60. The highest BCUT2D eigenvalue weighted by molar-refractivity contribution is 7.46. The molecule has 9 nitrogen and oxygen atoms in total. The zero-order valence-corrected chi connectivity index (χ0v) is 20.3. The van der Waals surface area contributed by atoms with Crippen LogP contribution in [0, 0.1) is 34.5 Å². The molecule has 5 N–H and O–H groups in total. The number of carbonyl (C=O) groups excluding carboxylic acids is 2. The number of carbonyl (C=O) groups is 2. The highest BCUT2D eigenvalue weighted by Crippen LogP contribution is 2.69. The van der Waals surface area contributed by atoms with Gasteiger partial charge >= 0.3 is 7.82 Å². The minimum atomic E-state index is -4.92. The molecule has 11 heteroatoms. The molecule has 4 aliphatic rings. The van der Waals surface area contributed by atoms with Crippen molar-refractivity contribution < 1.29 is 43.8 Å². The summed E-state index contributed by atoms with van der Waals surface area (Å²) in [6.07, 6.45) is 2.30. The van der Waals surface area contributed by atoms with Gasteiger partial charge in [-0.3, -0.25) is 14.1 Å². The predicted molar refractivity (Wildman–Crippen MR) is 117 cm³/mol. The fourth-order valence-electron chi connectivity index (χ4n) is 7.51. The van der Waals surface area contributed by atoms with E-state index in [1.807, 2.05) is 0 Å². The first kappa shape index (κ1) is 25.0. The molecule has 0 aromatic rings. The fourth-order valence-corrected chi connectivity index (χ4v) is 8.30. The van der Waals surface area contributed by atoms with Crippen LogP contribution in [0.25, 0.3) is 0 Å². The van der Waals surface area contributed by atoms with Crippen molar-refractivity contribution in [3.8, 4) is 0 Å². The quantitative estimate of drug-likeness (QED) is 0.285. The van der Waals surface area contributed by atoms with E-state index in [4.69, 9.17) is 21.4 Å². The monoisotopic (exact) mass is 504 g/mol. The van der Waals surface area contributed by atoms with E-state index in [-0.39, 0.29) is 23.9 Å². The third-order valence-corrected chi connectivity index (χ3v) is 9.92. The fraction of sp³-hybridized carbons (Fsp3) is 0.727. The molecule has 184 valence electrons. The van der Waals surface area contributed by atoms with Crippen molar-refractivity contribution in [2.75, 3.05) is 6.61 Å². The van der Waals surface area contributed by atoms with E-state index >= 15 is 0 Å². The summed E-state index contributed by atoms with van der Waals surface area (Å²) in [5.74, 6) is -3.23. The zero-order valence-electron chi connectivity index (χ0n) is 18.6. The van der Waals surface area contributed by atoms with Crippen LogP contribution in [-0.2, 0) is 18.7 Å². The van der Waals surface area contributed by atoms with Gasteiger partial charge in [0.05, 0.1) is 11.5 Å². The Labute approximate surface area is 196 Å². The normalized spacial score (nSPS) is 47.2. The number of aliphatic hydroxyl groups is 3. The Morgan fingerprint density at radius 3 is 2.55 bits per heavy atom. The number of allylic oxidation sites excluding steroid dienone is 3.